The number of para-hydroxylation sites is 1. The molecule has 0 fully saturated rings. The number of ether oxygens (including phenoxy) is 2. The maximum absolute atomic E-state index is 12.8. The summed E-state index contributed by atoms with van der Waals surface area (Å²) >= 11 is 0. The van der Waals surface area contributed by atoms with Crippen LogP contribution in [0.2, 0.25) is 0 Å². The lowest BCUT2D eigenvalue weighted by atomic mass is 10.1. The van der Waals surface area contributed by atoms with Crippen LogP contribution < -0.4 is 14.8 Å². The minimum absolute atomic E-state index is 0.0281. The molecule has 0 saturated carbocycles. The molecule has 1 heterocycles. The highest BCUT2D eigenvalue weighted by atomic mass is 16.5. The van der Waals surface area contributed by atoms with Crippen LogP contribution in [0.3, 0.4) is 0 Å². The number of rotatable bonds is 7. The van der Waals surface area contributed by atoms with Crippen molar-refractivity contribution in [1.29, 1.82) is 0 Å². The minimum atomic E-state index is -0.162. The zero-order valence-electron chi connectivity index (χ0n) is 17.6. The molecule has 6 nitrogen and oxygen atoms in total. The Morgan fingerprint density at radius 3 is 2.67 bits per heavy atom. The van der Waals surface area contributed by atoms with Crippen molar-refractivity contribution in [2.75, 3.05) is 7.11 Å². The summed E-state index contributed by atoms with van der Waals surface area (Å²) in [6.07, 6.45) is 3.16. The third kappa shape index (κ3) is 4.03. The summed E-state index contributed by atoms with van der Waals surface area (Å²) in [4.78, 5) is 12.8. The zero-order valence-corrected chi connectivity index (χ0v) is 17.6. The summed E-state index contributed by atoms with van der Waals surface area (Å²) in [5, 5.41) is 7.82. The molecule has 0 aliphatic heterocycles. The van der Waals surface area contributed by atoms with Crippen molar-refractivity contribution in [3.63, 3.8) is 0 Å². The maximum Gasteiger partial charge on any atom is 0.251 e. The van der Waals surface area contributed by atoms with Crippen molar-refractivity contribution < 1.29 is 14.3 Å². The van der Waals surface area contributed by atoms with E-state index in [-0.39, 0.29) is 12.0 Å². The van der Waals surface area contributed by atoms with E-state index in [2.05, 4.69) is 17.4 Å². The van der Waals surface area contributed by atoms with Gasteiger partial charge in [-0.3, -0.25) is 4.79 Å². The van der Waals surface area contributed by atoms with Crippen LogP contribution in [0.1, 0.15) is 47.6 Å². The summed E-state index contributed by atoms with van der Waals surface area (Å²) in [5.41, 5.74) is 5.03. The molecule has 30 heavy (non-hydrogen) atoms. The second-order valence-corrected chi connectivity index (χ2v) is 7.69. The number of aromatic nitrogens is 2. The van der Waals surface area contributed by atoms with Gasteiger partial charge in [-0.05, 0) is 69.0 Å². The summed E-state index contributed by atoms with van der Waals surface area (Å²) in [5.74, 6) is 1.01. The average Bonchev–Trinajstić information content (AvgIpc) is 3.35. The molecule has 1 aliphatic carbocycles. The average molecular weight is 405 g/mol. The standard InChI is InChI=1S/C24H27N3O3/c1-16(2)30-22-13-12-17(14-23(22)29-3)24(28)25-15-20-19-10-7-11-21(19)27(26-20)18-8-5-4-6-9-18/h4-6,8-9,12-14,16H,7,10-11,15H2,1-3H3,(H,25,28). The Bertz CT molecular complexity index is 1040. The first-order chi connectivity index (χ1) is 14.6. The fraction of sp³-hybridized carbons (Fsp3) is 0.333. The van der Waals surface area contributed by atoms with Crippen LogP contribution in [0, 0.1) is 0 Å². The van der Waals surface area contributed by atoms with Gasteiger partial charge in [0, 0.05) is 11.3 Å². The van der Waals surface area contributed by atoms with E-state index in [9.17, 15) is 4.79 Å². The number of amides is 1. The number of hydrogen-bond donors (Lipinski definition) is 1. The molecule has 1 aliphatic rings. The Hall–Kier alpha value is -3.28. The quantitative estimate of drug-likeness (QED) is 0.643. The predicted octanol–water partition coefficient (Wildman–Crippen LogP) is 4.09. The van der Waals surface area contributed by atoms with Crippen molar-refractivity contribution in [1.82, 2.24) is 15.1 Å². The fourth-order valence-electron chi connectivity index (χ4n) is 3.86. The van der Waals surface area contributed by atoms with E-state index in [0.29, 0.717) is 23.6 Å². The molecule has 0 atom stereocenters. The third-order valence-corrected chi connectivity index (χ3v) is 5.22. The lowest BCUT2D eigenvalue weighted by Crippen LogP contribution is -2.23. The Balaban J connectivity index is 1.51. The van der Waals surface area contributed by atoms with Gasteiger partial charge in [0.1, 0.15) is 0 Å². The summed E-state index contributed by atoms with van der Waals surface area (Å²) in [7, 11) is 1.57. The highest BCUT2D eigenvalue weighted by molar-refractivity contribution is 5.94. The Morgan fingerprint density at radius 2 is 1.93 bits per heavy atom. The molecular formula is C24H27N3O3. The van der Waals surface area contributed by atoms with Crippen molar-refractivity contribution in [2.24, 2.45) is 0 Å². The third-order valence-electron chi connectivity index (χ3n) is 5.22. The van der Waals surface area contributed by atoms with E-state index in [4.69, 9.17) is 14.6 Å². The molecule has 4 rings (SSSR count). The number of carbonyl (C=O) groups is 1. The first-order valence-corrected chi connectivity index (χ1v) is 10.3. The van der Waals surface area contributed by atoms with Gasteiger partial charge >= 0.3 is 0 Å². The van der Waals surface area contributed by atoms with Gasteiger partial charge < -0.3 is 14.8 Å². The topological polar surface area (TPSA) is 65.4 Å². The Kier molecular flexibility index (Phi) is 5.74. The van der Waals surface area contributed by atoms with E-state index in [1.807, 2.05) is 36.7 Å². The van der Waals surface area contributed by atoms with Crippen LogP contribution in [-0.4, -0.2) is 28.9 Å². The number of nitrogens with one attached hydrogen (secondary N) is 1. The fourth-order valence-corrected chi connectivity index (χ4v) is 3.86. The van der Waals surface area contributed by atoms with Crippen molar-refractivity contribution >= 4 is 5.91 Å². The van der Waals surface area contributed by atoms with Crippen LogP contribution in [0.4, 0.5) is 0 Å². The van der Waals surface area contributed by atoms with Crippen LogP contribution in [0.25, 0.3) is 5.69 Å². The molecule has 0 bridgehead atoms. The first-order valence-electron chi connectivity index (χ1n) is 10.3. The van der Waals surface area contributed by atoms with E-state index >= 15 is 0 Å². The van der Waals surface area contributed by atoms with Gasteiger partial charge in [-0.1, -0.05) is 18.2 Å². The summed E-state index contributed by atoms with van der Waals surface area (Å²) < 4.78 is 13.1. The molecule has 0 radical (unpaired) electrons. The smallest absolute Gasteiger partial charge is 0.251 e. The second kappa shape index (κ2) is 8.61. The Labute approximate surface area is 176 Å². The van der Waals surface area contributed by atoms with E-state index in [1.165, 1.54) is 11.3 Å². The zero-order chi connectivity index (χ0) is 21.1. The SMILES string of the molecule is COc1cc(C(=O)NCc2nn(-c3ccccc3)c3c2CCC3)ccc1OC(C)C. The van der Waals surface area contributed by atoms with E-state index in [1.54, 1.807) is 25.3 Å². The largest absolute Gasteiger partial charge is 0.493 e. The normalized spacial score (nSPS) is 12.7. The van der Waals surface area contributed by atoms with Gasteiger partial charge in [-0.15, -0.1) is 0 Å². The lowest BCUT2D eigenvalue weighted by Gasteiger charge is -2.14. The number of benzene rings is 2. The molecule has 1 N–H and O–H groups in total. The number of nitrogens with zero attached hydrogens (tertiary/aromatic N) is 2. The molecule has 0 unspecified atom stereocenters. The molecule has 156 valence electrons. The van der Waals surface area contributed by atoms with Crippen molar-refractivity contribution in [3.8, 4) is 17.2 Å². The number of carbonyl (C=O) groups excluding carboxylic acids is 1. The predicted molar refractivity (Wildman–Crippen MR) is 116 cm³/mol. The molecule has 0 saturated heterocycles. The van der Waals surface area contributed by atoms with Crippen molar-refractivity contribution in [2.45, 2.75) is 45.8 Å². The molecule has 1 aromatic heterocycles. The first kappa shape index (κ1) is 20.0. The van der Waals surface area contributed by atoms with Gasteiger partial charge in [-0.25, -0.2) is 4.68 Å². The number of hydrogen-bond acceptors (Lipinski definition) is 4. The monoisotopic (exact) mass is 405 g/mol. The van der Waals surface area contributed by atoms with Gasteiger partial charge in [0.2, 0.25) is 0 Å². The van der Waals surface area contributed by atoms with Crippen LogP contribution in [0.5, 0.6) is 11.5 Å². The van der Waals surface area contributed by atoms with E-state index in [0.717, 1.165) is 30.6 Å². The minimum Gasteiger partial charge on any atom is -0.493 e. The Morgan fingerprint density at radius 1 is 1.13 bits per heavy atom. The molecular weight excluding hydrogens is 378 g/mol. The van der Waals surface area contributed by atoms with Crippen LogP contribution in [0.15, 0.2) is 48.5 Å². The van der Waals surface area contributed by atoms with Crippen LogP contribution >= 0.6 is 0 Å². The highest BCUT2D eigenvalue weighted by Gasteiger charge is 2.23. The van der Waals surface area contributed by atoms with Gasteiger partial charge in [0.25, 0.3) is 5.91 Å². The van der Waals surface area contributed by atoms with E-state index < -0.39 is 0 Å². The molecule has 6 heteroatoms. The van der Waals surface area contributed by atoms with Gasteiger partial charge in [0.15, 0.2) is 11.5 Å². The second-order valence-electron chi connectivity index (χ2n) is 7.69. The van der Waals surface area contributed by atoms with Crippen molar-refractivity contribution in [3.05, 3.63) is 71.0 Å². The van der Waals surface area contributed by atoms with Gasteiger partial charge in [-0.2, -0.15) is 5.10 Å². The lowest BCUT2D eigenvalue weighted by molar-refractivity contribution is 0.0950. The summed E-state index contributed by atoms with van der Waals surface area (Å²) in [6, 6.07) is 15.4. The molecule has 2 aromatic carbocycles. The van der Waals surface area contributed by atoms with Crippen LogP contribution in [-0.2, 0) is 19.4 Å². The number of fused-ring (bicyclic) bond motifs is 1. The molecule has 0 spiro atoms. The highest BCUT2D eigenvalue weighted by Crippen LogP contribution is 2.30. The maximum atomic E-state index is 12.8. The number of methoxy groups -OCH3 is 1. The van der Waals surface area contributed by atoms with Gasteiger partial charge in [0.05, 0.1) is 31.1 Å². The molecule has 3 aromatic rings. The summed E-state index contributed by atoms with van der Waals surface area (Å²) in [6.45, 7) is 4.30. The molecule has 1 amide bonds.